The normalized spacial score (nSPS) is 20.2. The van der Waals surface area contributed by atoms with Crippen LogP contribution in [0.4, 0.5) is 5.69 Å². The lowest BCUT2D eigenvalue weighted by atomic mass is 9.89. The van der Waals surface area contributed by atoms with Gasteiger partial charge in [-0.3, -0.25) is 9.59 Å². The first kappa shape index (κ1) is 14.5. The van der Waals surface area contributed by atoms with Crippen molar-refractivity contribution in [1.29, 1.82) is 0 Å². The fraction of sp³-hybridized carbons (Fsp3) is 0.143. The highest BCUT2D eigenvalue weighted by Gasteiger charge is 2.47. The first-order chi connectivity index (χ1) is 9.90. The number of nitrogens with one attached hydrogen (secondary N) is 1. The summed E-state index contributed by atoms with van der Waals surface area (Å²) in [6, 6.07) is 7.87. The summed E-state index contributed by atoms with van der Waals surface area (Å²) < 4.78 is 0.477. The molecule has 0 radical (unpaired) electrons. The molecule has 108 valence electrons. The molecule has 1 aromatic carbocycles. The average molecular weight is 342 g/mol. The van der Waals surface area contributed by atoms with Crippen molar-refractivity contribution in [2.24, 2.45) is 0 Å². The van der Waals surface area contributed by atoms with Crippen LogP contribution in [0.15, 0.2) is 30.3 Å². The van der Waals surface area contributed by atoms with E-state index in [-0.39, 0.29) is 12.2 Å². The van der Waals surface area contributed by atoms with Crippen LogP contribution in [0, 0.1) is 0 Å². The molecule has 0 bridgehead atoms. The Hall–Kier alpha value is -1.40. The molecule has 0 aliphatic carbocycles. The van der Waals surface area contributed by atoms with Crippen LogP contribution in [0.2, 0.25) is 9.36 Å². The Morgan fingerprint density at radius 2 is 2.05 bits per heavy atom. The third kappa shape index (κ3) is 2.46. The first-order valence-corrected chi connectivity index (χ1v) is 7.60. The van der Waals surface area contributed by atoms with E-state index in [9.17, 15) is 14.7 Å². The lowest BCUT2D eigenvalue weighted by Gasteiger charge is -2.19. The molecule has 2 heterocycles. The van der Waals surface area contributed by atoms with Crippen LogP contribution in [-0.2, 0) is 10.4 Å². The molecule has 7 heteroatoms. The van der Waals surface area contributed by atoms with E-state index < -0.39 is 11.5 Å². The average Bonchev–Trinajstić information content (AvgIpc) is 2.95. The second kappa shape index (κ2) is 5.10. The number of aliphatic hydroxyl groups is 1. The van der Waals surface area contributed by atoms with Gasteiger partial charge in [-0.2, -0.15) is 0 Å². The van der Waals surface area contributed by atoms with Crippen LogP contribution in [-0.4, -0.2) is 16.8 Å². The second-order valence-corrected chi connectivity index (χ2v) is 6.86. The number of ketones is 1. The Labute approximate surface area is 134 Å². The van der Waals surface area contributed by atoms with E-state index >= 15 is 0 Å². The molecule has 1 amide bonds. The van der Waals surface area contributed by atoms with Crippen LogP contribution in [0.3, 0.4) is 0 Å². The fourth-order valence-corrected chi connectivity index (χ4v) is 3.43. The molecule has 1 aromatic heterocycles. The minimum absolute atomic E-state index is 0.316. The maximum atomic E-state index is 12.2. The van der Waals surface area contributed by atoms with Gasteiger partial charge in [-0.25, -0.2) is 0 Å². The number of thiophene rings is 1. The highest BCUT2D eigenvalue weighted by molar-refractivity contribution is 7.18. The summed E-state index contributed by atoms with van der Waals surface area (Å²) in [5, 5.41) is 13.6. The molecule has 3 rings (SSSR count). The van der Waals surface area contributed by atoms with Crippen LogP contribution in [0.5, 0.6) is 0 Å². The molecule has 21 heavy (non-hydrogen) atoms. The smallest absolute Gasteiger partial charge is 0.261 e. The lowest BCUT2D eigenvalue weighted by molar-refractivity contribution is -0.133. The zero-order valence-corrected chi connectivity index (χ0v) is 12.9. The Bertz CT molecular complexity index is 758. The van der Waals surface area contributed by atoms with Gasteiger partial charge < -0.3 is 10.4 Å². The Kier molecular flexibility index (Phi) is 3.53. The summed E-state index contributed by atoms with van der Waals surface area (Å²) in [4.78, 5) is 24.7. The summed E-state index contributed by atoms with van der Waals surface area (Å²) in [6.45, 7) is 0. The zero-order chi connectivity index (χ0) is 15.2. The van der Waals surface area contributed by atoms with E-state index in [2.05, 4.69) is 5.32 Å². The largest absolute Gasteiger partial charge is 0.375 e. The number of hydrogen-bond donors (Lipinski definition) is 2. The molecule has 2 N–H and O–H groups in total. The molecule has 0 saturated heterocycles. The van der Waals surface area contributed by atoms with Crippen molar-refractivity contribution in [3.05, 3.63) is 50.1 Å². The summed E-state index contributed by atoms with van der Waals surface area (Å²) in [5.74, 6) is -0.979. The molecule has 1 aliphatic rings. The van der Waals surface area contributed by atoms with Crippen molar-refractivity contribution in [3.8, 4) is 0 Å². The number of hydrogen-bond acceptors (Lipinski definition) is 4. The highest BCUT2D eigenvalue weighted by atomic mass is 35.5. The van der Waals surface area contributed by atoms with Gasteiger partial charge in [0.1, 0.15) is 0 Å². The second-order valence-electron chi connectivity index (χ2n) is 4.71. The van der Waals surface area contributed by atoms with Crippen molar-refractivity contribution in [2.75, 3.05) is 5.32 Å². The number of carbonyl (C=O) groups excluding carboxylic acids is 2. The molecule has 2 aromatic rings. The van der Waals surface area contributed by atoms with E-state index in [1.54, 1.807) is 24.3 Å². The van der Waals surface area contributed by atoms with Gasteiger partial charge in [0.05, 0.1) is 15.6 Å². The molecule has 0 fully saturated rings. The van der Waals surface area contributed by atoms with Crippen molar-refractivity contribution >= 4 is 51.9 Å². The number of anilines is 1. The first-order valence-electron chi connectivity index (χ1n) is 6.02. The van der Waals surface area contributed by atoms with Crippen LogP contribution >= 0.6 is 34.5 Å². The maximum absolute atomic E-state index is 12.2. The number of benzene rings is 1. The van der Waals surface area contributed by atoms with Crippen molar-refractivity contribution in [1.82, 2.24) is 0 Å². The topological polar surface area (TPSA) is 66.4 Å². The van der Waals surface area contributed by atoms with E-state index in [0.29, 0.717) is 25.5 Å². The van der Waals surface area contributed by atoms with E-state index in [4.69, 9.17) is 23.2 Å². The van der Waals surface area contributed by atoms with Gasteiger partial charge in [0, 0.05) is 16.3 Å². The third-order valence-electron chi connectivity index (χ3n) is 3.32. The summed E-state index contributed by atoms with van der Waals surface area (Å²) in [5.41, 5.74) is -1.13. The fourth-order valence-electron chi connectivity index (χ4n) is 2.27. The third-order valence-corrected chi connectivity index (χ3v) is 4.82. The predicted octanol–water partition coefficient (Wildman–Crippen LogP) is 3.47. The van der Waals surface area contributed by atoms with E-state index in [1.165, 1.54) is 6.07 Å². The monoisotopic (exact) mass is 341 g/mol. The Morgan fingerprint density at radius 3 is 2.71 bits per heavy atom. The number of halogens is 2. The van der Waals surface area contributed by atoms with Gasteiger partial charge in [-0.1, -0.05) is 23.2 Å². The maximum Gasteiger partial charge on any atom is 0.261 e. The van der Waals surface area contributed by atoms with E-state index in [1.807, 2.05) is 0 Å². The number of carbonyl (C=O) groups is 2. The molecule has 0 unspecified atom stereocenters. The summed E-state index contributed by atoms with van der Waals surface area (Å²) >= 11 is 12.8. The Balaban J connectivity index is 1.96. The van der Waals surface area contributed by atoms with Crippen LogP contribution in [0.25, 0.3) is 0 Å². The van der Waals surface area contributed by atoms with Gasteiger partial charge in [0.2, 0.25) is 0 Å². The lowest BCUT2D eigenvalue weighted by Crippen LogP contribution is -2.36. The van der Waals surface area contributed by atoms with Gasteiger partial charge in [-0.05, 0) is 30.3 Å². The predicted molar refractivity (Wildman–Crippen MR) is 82.3 cm³/mol. The summed E-state index contributed by atoms with van der Waals surface area (Å²) in [7, 11) is 0. The number of Topliss-reactive ketones (excluding diaryl/α,β-unsaturated/α-hetero) is 1. The molecule has 4 nitrogen and oxygen atoms in total. The van der Waals surface area contributed by atoms with Crippen LogP contribution in [0.1, 0.15) is 21.7 Å². The van der Waals surface area contributed by atoms with E-state index in [0.717, 1.165) is 11.3 Å². The number of fused-ring (bicyclic) bond motifs is 1. The molecule has 1 atom stereocenters. The standard InChI is InChI=1S/C14H9Cl2NO3S/c15-7-1-2-9-8(5-7)14(20,13(19)17-9)6-10(18)11-3-4-12(16)21-11/h1-5,20H,6H2,(H,17,19)/t14-/m0/s1. The Morgan fingerprint density at radius 1 is 1.29 bits per heavy atom. The summed E-state index contributed by atoms with van der Waals surface area (Å²) in [6.07, 6.45) is -0.358. The molecular formula is C14H9Cl2NO3S. The van der Waals surface area contributed by atoms with Crippen molar-refractivity contribution in [3.63, 3.8) is 0 Å². The number of amides is 1. The van der Waals surface area contributed by atoms with Gasteiger partial charge >= 0.3 is 0 Å². The highest BCUT2D eigenvalue weighted by Crippen LogP contribution is 2.40. The minimum Gasteiger partial charge on any atom is -0.375 e. The molecular weight excluding hydrogens is 333 g/mol. The quantitative estimate of drug-likeness (QED) is 0.840. The number of rotatable bonds is 3. The van der Waals surface area contributed by atoms with Gasteiger partial charge in [0.15, 0.2) is 11.4 Å². The van der Waals surface area contributed by atoms with Gasteiger partial charge in [0.25, 0.3) is 5.91 Å². The SMILES string of the molecule is O=C(C[C@@]1(O)C(=O)Nc2ccc(Cl)cc21)c1ccc(Cl)s1. The minimum atomic E-state index is -1.91. The van der Waals surface area contributed by atoms with Crippen molar-refractivity contribution in [2.45, 2.75) is 12.0 Å². The van der Waals surface area contributed by atoms with Crippen LogP contribution < -0.4 is 5.32 Å². The molecule has 0 spiro atoms. The van der Waals surface area contributed by atoms with Crippen molar-refractivity contribution < 1.29 is 14.7 Å². The zero-order valence-electron chi connectivity index (χ0n) is 10.5. The van der Waals surface area contributed by atoms with Gasteiger partial charge in [-0.15, -0.1) is 11.3 Å². The molecule has 0 saturated carbocycles. The molecule has 1 aliphatic heterocycles.